The third-order valence-corrected chi connectivity index (χ3v) is 4.87. The SMILES string of the molecule is NC(=NO)C1CCN(Cc2ccn(C3CCCC3)n2)CC1. The molecule has 2 fully saturated rings. The molecule has 0 radical (unpaired) electrons. The van der Waals surface area contributed by atoms with Crippen LogP contribution in [0, 0.1) is 5.92 Å². The monoisotopic (exact) mass is 291 g/mol. The molecule has 0 aromatic carbocycles. The lowest BCUT2D eigenvalue weighted by Gasteiger charge is -2.30. The Balaban J connectivity index is 1.51. The van der Waals surface area contributed by atoms with Gasteiger partial charge >= 0.3 is 0 Å². The second-order valence-electron chi connectivity index (χ2n) is 6.30. The van der Waals surface area contributed by atoms with Gasteiger partial charge in [-0.2, -0.15) is 5.10 Å². The van der Waals surface area contributed by atoms with Crippen molar-refractivity contribution < 1.29 is 5.21 Å². The summed E-state index contributed by atoms with van der Waals surface area (Å²) < 4.78 is 2.16. The Morgan fingerprint density at radius 1 is 1.29 bits per heavy atom. The Morgan fingerprint density at radius 3 is 2.67 bits per heavy atom. The van der Waals surface area contributed by atoms with Gasteiger partial charge in [-0.15, -0.1) is 0 Å². The maximum absolute atomic E-state index is 8.73. The van der Waals surface area contributed by atoms with Gasteiger partial charge in [0.05, 0.1) is 11.7 Å². The summed E-state index contributed by atoms with van der Waals surface area (Å²) in [6.07, 6.45) is 9.26. The van der Waals surface area contributed by atoms with Crippen LogP contribution in [0.2, 0.25) is 0 Å². The van der Waals surface area contributed by atoms with Crippen LogP contribution in [0.5, 0.6) is 0 Å². The maximum Gasteiger partial charge on any atom is 0.142 e. The Hall–Kier alpha value is -1.56. The molecule has 0 spiro atoms. The van der Waals surface area contributed by atoms with Gasteiger partial charge in [-0.1, -0.05) is 18.0 Å². The van der Waals surface area contributed by atoms with Gasteiger partial charge in [-0.3, -0.25) is 9.58 Å². The molecule has 1 saturated heterocycles. The van der Waals surface area contributed by atoms with Crippen LogP contribution >= 0.6 is 0 Å². The minimum Gasteiger partial charge on any atom is -0.409 e. The second kappa shape index (κ2) is 6.47. The molecule has 2 aliphatic rings. The van der Waals surface area contributed by atoms with E-state index in [1.807, 2.05) is 0 Å². The van der Waals surface area contributed by atoms with E-state index < -0.39 is 0 Å². The van der Waals surface area contributed by atoms with E-state index in [2.05, 4.69) is 27.0 Å². The molecule has 0 amide bonds. The normalized spacial score (nSPS) is 23.0. The number of nitrogens with zero attached hydrogens (tertiary/aromatic N) is 4. The van der Waals surface area contributed by atoms with Gasteiger partial charge in [0.25, 0.3) is 0 Å². The molecule has 1 aromatic rings. The number of likely N-dealkylation sites (tertiary alicyclic amines) is 1. The largest absolute Gasteiger partial charge is 0.409 e. The second-order valence-corrected chi connectivity index (χ2v) is 6.30. The van der Waals surface area contributed by atoms with Gasteiger partial charge in [0.2, 0.25) is 0 Å². The van der Waals surface area contributed by atoms with Gasteiger partial charge in [-0.05, 0) is 44.8 Å². The third-order valence-electron chi connectivity index (χ3n) is 4.87. The van der Waals surface area contributed by atoms with Gasteiger partial charge in [0.15, 0.2) is 0 Å². The van der Waals surface area contributed by atoms with Crippen molar-refractivity contribution in [2.45, 2.75) is 51.1 Å². The highest BCUT2D eigenvalue weighted by Crippen LogP contribution is 2.29. The minimum atomic E-state index is 0.224. The lowest BCUT2D eigenvalue weighted by atomic mass is 9.96. The van der Waals surface area contributed by atoms with Crippen molar-refractivity contribution in [1.82, 2.24) is 14.7 Å². The summed E-state index contributed by atoms with van der Waals surface area (Å²) in [4.78, 5) is 2.41. The fourth-order valence-corrected chi connectivity index (χ4v) is 3.53. The number of piperidine rings is 1. The average Bonchev–Trinajstić information content (AvgIpc) is 3.18. The molecule has 3 rings (SSSR count). The highest BCUT2D eigenvalue weighted by molar-refractivity contribution is 5.82. The molecule has 116 valence electrons. The number of nitrogens with two attached hydrogens (primary N) is 1. The van der Waals surface area contributed by atoms with Crippen molar-refractivity contribution in [2.24, 2.45) is 16.8 Å². The zero-order valence-electron chi connectivity index (χ0n) is 12.5. The van der Waals surface area contributed by atoms with Crippen LogP contribution in [0.1, 0.15) is 50.3 Å². The first-order valence-electron chi connectivity index (χ1n) is 8.00. The van der Waals surface area contributed by atoms with E-state index in [1.54, 1.807) is 0 Å². The Kier molecular flexibility index (Phi) is 4.43. The Labute approximate surface area is 125 Å². The summed E-state index contributed by atoms with van der Waals surface area (Å²) >= 11 is 0. The molecular formula is C15H25N5O. The molecule has 0 unspecified atom stereocenters. The van der Waals surface area contributed by atoms with Crippen molar-refractivity contribution in [3.63, 3.8) is 0 Å². The molecule has 2 heterocycles. The van der Waals surface area contributed by atoms with E-state index in [-0.39, 0.29) is 5.92 Å². The van der Waals surface area contributed by atoms with Gasteiger partial charge in [-0.25, -0.2) is 0 Å². The van der Waals surface area contributed by atoms with Crippen LogP contribution in [0.3, 0.4) is 0 Å². The molecule has 3 N–H and O–H groups in total. The van der Waals surface area contributed by atoms with Crippen molar-refractivity contribution >= 4 is 5.84 Å². The third kappa shape index (κ3) is 3.37. The maximum atomic E-state index is 8.73. The van der Waals surface area contributed by atoms with Gasteiger partial charge in [0.1, 0.15) is 5.84 Å². The van der Waals surface area contributed by atoms with E-state index >= 15 is 0 Å². The molecular weight excluding hydrogens is 266 g/mol. The highest BCUT2D eigenvalue weighted by Gasteiger charge is 2.23. The number of rotatable bonds is 4. The number of oxime groups is 1. The smallest absolute Gasteiger partial charge is 0.142 e. The van der Waals surface area contributed by atoms with E-state index in [1.165, 1.54) is 25.7 Å². The average molecular weight is 291 g/mol. The van der Waals surface area contributed by atoms with Crippen LogP contribution in [0.4, 0.5) is 0 Å². The summed E-state index contributed by atoms with van der Waals surface area (Å²) in [5, 5.41) is 16.6. The molecule has 1 aromatic heterocycles. The quantitative estimate of drug-likeness (QED) is 0.384. The van der Waals surface area contributed by atoms with Crippen LogP contribution < -0.4 is 5.73 Å². The van der Waals surface area contributed by atoms with Crippen molar-refractivity contribution in [2.75, 3.05) is 13.1 Å². The number of amidine groups is 1. The first-order chi connectivity index (χ1) is 10.3. The van der Waals surface area contributed by atoms with Crippen LogP contribution in [-0.4, -0.2) is 38.8 Å². The number of hydrogen-bond acceptors (Lipinski definition) is 4. The van der Waals surface area contributed by atoms with E-state index in [0.717, 1.165) is 38.2 Å². The van der Waals surface area contributed by atoms with Gasteiger partial charge < -0.3 is 10.9 Å². The fraction of sp³-hybridized carbons (Fsp3) is 0.733. The zero-order valence-corrected chi connectivity index (χ0v) is 12.5. The summed E-state index contributed by atoms with van der Waals surface area (Å²) in [7, 11) is 0. The predicted molar refractivity (Wildman–Crippen MR) is 81.1 cm³/mol. The molecule has 0 atom stereocenters. The summed E-state index contributed by atoms with van der Waals surface area (Å²) in [5.74, 6) is 0.599. The van der Waals surface area contributed by atoms with E-state index in [4.69, 9.17) is 16.0 Å². The standard InChI is InChI=1S/C15H25N5O/c16-15(18-21)12-5-8-19(9-6-12)11-13-7-10-20(17-13)14-3-1-2-4-14/h7,10,12,14,21H,1-6,8-9,11H2,(H2,16,18). The molecule has 6 heteroatoms. The zero-order chi connectivity index (χ0) is 14.7. The molecule has 0 bridgehead atoms. The van der Waals surface area contributed by atoms with Crippen LogP contribution in [0.25, 0.3) is 0 Å². The summed E-state index contributed by atoms with van der Waals surface area (Å²) in [6.45, 7) is 2.87. The van der Waals surface area contributed by atoms with Crippen LogP contribution in [-0.2, 0) is 6.54 Å². The Bertz CT molecular complexity index is 484. The van der Waals surface area contributed by atoms with Crippen molar-refractivity contribution in [3.05, 3.63) is 18.0 Å². The topological polar surface area (TPSA) is 79.7 Å². The molecule has 1 saturated carbocycles. The number of aromatic nitrogens is 2. The summed E-state index contributed by atoms with van der Waals surface area (Å²) in [6, 6.07) is 2.76. The first kappa shape index (κ1) is 14.4. The first-order valence-corrected chi connectivity index (χ1v) is 8.00. The fourth-order valence-electron chi connectivity index (χ4n) is 3.53. The van der Waals surface area contributed by atoms with E-state index in [0.29, 0.717) is 11.9 Å². The minimum absolute atomic E-state index is 0.224. The molecule has 6 nitrogen and oxygen atoms in total. The van der Waals surface area contributed by atoms with Crippen molar-refractivity contribution in [3.8, 4) is 0 Å². The number of hydrogen-bond donors (Lipinski definition) is 2. The summed E-state index contributed by atoms with van der Waals surface area (Å²) in [5.41, 5.74) is 6.84. The molecule has 1 aliphatic carbocycles. The Morgan fingerprint density at radius 2 is 2.00 bits per heavy atom. The lowest BCUT2D eigenvalue weighted by molar-refractivity contribution is 0.196. The molecule has 21 heavy (non-hydrogen) atoms. The van der Waals surface area contributed by atoms with Crippen LogP contribution in [0.15, 0.2) is 17.4 Å². The van der Waals surface area contributed by atoms with Crippen molar-refractivity contribution in [1.29, 1.82) is 0 Å². The predicted octanol–water partition coefficient (Wildman–Crippen LogP) is 1.96. The highest BCUT2D eigenvalue weighted by atomic mass is 16.4. The lowest BCUT2D eigenvalue weighted by Crippen LogP contribution is -2.38. The van der Waals surface area contributed by atoms with E-state index in [9.17, 15) is 0 Å². The molecule has 1 aliphatic heterocycles. The van der Waals surface area contributed by atoms with Gasteiger partial charge in [0, 0.05) is 18.7 Å².